The number of nitrogens with zero attached hydrogens (tertiary/aromatic N) is 2. The van der Waals surface area contributed by atoms with Gasteiger partial charge >= 0.3 is 0 Å². The number of hydrogen-bond donors (Lipinski definition) is 0. The molecule has 2 aromatic heterocycles. The number of anilines is 1. The van der Waals surface area contributed by atoms with Crippen LogP contribution in [0.1, 0.15) is 18.6 Å². The van der Waals surface area contributed by atoms with Crippen molar-refractivity contribution in [2.24, 2.45) is 0 Å². The third-order valence-corrected chi connectivity index (χ3v) is 8.00. The van der Waals surface area contributed by atoms with Gasteiger partial charge in [0.15, 0.2) is 15.0 Å². The van der Waals surface area contributed by atoms with E-state index < -0.39 is 9.84 Å². The Morgan fingerprint density at radius 2 is 1.94 bits per heavy atom. The molecule has 166 valence electrons. The average molecular weight is 487 g/mol. The molecule has 0 atom stereocenters. The summed E-state index contributed by atoms with van der Waals surface area (Å²) in [6.07, 6.45) is 3.86. The van der Waals surface area contributed by atoms with Gasteiger partial charge in [0, 0.05) is 17.6 Å². The molecule has 1 amide bonds. The molecule has 32 heavy (non-hydrogen) atoms. The molecule has 0 bridgehead atoms. The Morgan fingerprint density at radius 3 is 2.66 bits per heavy atom. The Hall–Kier alpha value is -2.62. The first-order valence-electron chi connectivity index (χ1n) is 10.0. The van der Waals surface area contributed by atoms with E-state index in [1.807, 2.05) is 24.3 Å². The molecule has 0 aliphatic rings. The number of carbonyl (C=O) groups is 1. The van der Waals surface area contributed by atoms with Crippen LogP contribution in [-0.4, -0.2) is 31.3 Å². The van der Waals surface area contributed by atoms with Crippen LogP contribution in [0.15, 0.2) is 81.1 Å². The van der Waals surface area contributed by atoms with E-state index in [0.29, 0.717) is 22.8 Å². The number of thiazole rings is 1. The zero-order valence-electron chi connectivity index (χ0n) is 17.4. The largest absolute Gasteiger partial charge is 0.467 e. The van der Waals surface area contributed by atoms with Crippen molar-refractivity contribution in [3.63, 3.8) is 0 Å². The molecule has 0 radical (unpaired) electrons. The third-order valence-electron chi connectivity index (χ3n) is 4.75. The van der Waals surface area contributed by atoms with Crippen LogP contribution in [0, 0.1) is 0 Å². The number of carbonyl (C=O) groups excluding carboxylic acids is 1. The van der Waals surface area contributed by atoms with Gasteiger partial charge in [-0.1, -0.05) is 29.5 Å². The summed E-state index contributed by atoms with van der Waals surface area (Å²) in [6, 6.07) is 18.5. The van der Waals surface area contributed by atoms with Gasteiger partial charge in [-0.2, -0.15) is 0 Å². The van der Waals surface area contributed by atoms with Gasteiger partial charge in [0.05, 0.1) is 27.9 Å². The van der Waals surface area contributed by atoms with Gasteiger partial charge in [0.2, 0.25) is 5.91 Å². The van der Waals surface area contributed by atoms with E-state index in [2.05, 4.69) is 17.1 Å². The summed E-state index contributed by atoms with van der Waals surface area (Å²) in [6.45, 7) is 0.274. The SMILES string of the molecule is CS(=O)(=O)c1ccc2nc(N(Cc3ccco3)C(=O)CCCSc3ccccc3)sc2c1. The van der Waals surface area contributed by atoms with Crippen LogP contribution in [0.5, 0.6) is 0 Å². The van der Waals surface area contributed by atoms with Crippen molar-refractivity contribution >= 4 is 54.2 Å². The molecule has 0 aliphatic carbocycles. The van der Waals surface area contributed by atoms with Crippen LogP contribution in [0.3, 0.4) is 0 Å². The monoisotopic (exact) mass is 486 g/mol. The molecular weight excluding hydrogens is 464 g/mol. The summed E-state index contributed by atoms with van der Waals surface area (Å²) < 4.78 is 30.0. The number of benzene rings is 2. The van der Waals surface area contributed by atoms with Crippen LogP contribution in [-0.2, 0) is 21.2 Å². The molecule has 6 nitrogen and oxygen atoms in total. The van der Waals surface area contributed by atoms with E-state index in [1.54, 1.807) is 47.2 Å². The maximum Gasteiger partial charge on any atom is 0.229 e. The molecule has 0 saturated heterocycles. The van der Waals surface area contributed by atoms with E-state index in [1.165, 1.54) is 22.5 Å². The van der Waals surface area contributed by atoms with Crippen molar-refractivity contribution in [3.8, 4) is 0 Å². The Morgan fingerprint density at radius 1 is 1.12 bits per heavy atom. The van der Waals surface area contributed by atoms with Crippen molar-refractivity contribution < 1.29 is 17.6 Å². The zero-order valence-corrected chi connectivity index (χ0v) is 19.9. The lowest BCUT2D eigenvalue weighted by molar-refractivity contribution is -0.118. The molecule has 0 saturated carbocycles. The van der Waals surface area contributed by atoms with Gasteiger partial charge in [-0.15, -0.1) is 11.8 Å². The highest BCUT2D eigenvalue weighted by Gasteiger charge is 2.21. The summed E-state index contributed by atoms with van der Waals surface area (Å²) in [5.41, 5.74) is 0.661. The number of sulfone groups is 1. The van der Waals surface area contributed by atoms with Crippen LogP contribution < -0.4 is 4.90 Å². The molecule has 9 heteroatoms. The predicted molar refractivity (Wildman–Crippen MR) is 129 cm³/mol. The summed E-state index contributed by atoms with van der Waals surface area (Å²) >= 11 is 3.03. The highest BCUT2D eigenvalue weighted by Crippen LogP contribution is 2.32. The molecule has 2 aromatic carbocycles. The third kappa shape index (κ3) is 5.59. The number of amides is 1. The van der Waals surface area contributed by atoms with E-state index in [4.69, 9.17) is 4.42 Å². The Bertz CT molecular complexity index is 1300. The van der Waals surface area contributed by atoms with E-state index in [-0.39, 0.29) is 17.3 Å². The van der Waals surface area contributed by atoms with E-state index in [0.717, 1.165) is 16.9 Å². The number of thioether (sulfide) groups is 1. The second-order valence-electron chi connectivity index (χ2n) is 7.22. The van der Waals surface area contributed by atoms with Crippen LogP contribution in [0.2, 0.25) is 0 Å². The van der Waals surface area contributed by atoms with Crippen molar-refractivity contribution in [2.45, 2.75) is 29.2 Å². The first-order valence-corrected chi connectivity index (χ1v) is 13.7. The minimum Gasteiger partial charge on any atom is -0.467 e. The minimum absolute atomic E-state index is 0.0440. The fourth-order valence-corrected chi connectivity index (χ4v) is 5.74. The molecule has 4 aromatic rings. The van der Waals surface area contributed by atoms with Crippen LogP contribution in [0.4, 0.5) is 5.13 Å². The highest BCUT2D eigenvalue weighted by atomic mass is 32.2. The second kappa shape index (κ2) is 9.89. The van der Waals surface area contributed by atoms with Gasteiger partial charge in [0.1, 0.15) is 5.76 Å². The van der Waals surface area contributed by atoms with Crippen molar-refractivity contribution in [1.82, 2.24) is 4.98 Å². The predicted octanol–water partition coefficient (Wildman–Crippen LogP) is 5.40. The molecule has 0 aliphatic heterocycles. The maximum atomic E-state index is 13.1. The topological polar surface area (TPSA) is 80.5 Å². The van der Waals surface area contributed by atoms with Crippen molar-refractivity contribution in [2.75, 3.05) is 16.9 Å². The maximum absolute atomic E-state index is 13.1. The molecule has 0 fully saturated rings. The Labute approximate surface area is 195 Å². The molecule has 2 heterocycles. The zero-order chi connectivity index (χ0) is 22.6. The Kier molecular flexibility index (Phi) is 6.98. The first kappa shape index (κ1) is 22.6. The Balaban J connectivity index is 1.51. The van der Waals surface area contributed by atoms with Crippen LogP contribution in [0.25, 0.3) is 10.2 Å². The lowest BCUT2D eigenvalue weighted by Gasteiger charge is -2.18. The number of furan rings is 1. The van der Waals surface area contributed by atoms with Gasteiger partial charge < -0.3 is 4.42 Å². The van der Waals surface area contributed by atoms with Gasteiger partial charge in [-0.3, -0.25) is 9.69 Å². The van der Waals surface area contributed by atoms with Gasteiger partial charge in [0.25, 0.3) is 0 Å². The van der Waals surface area contributed by atoms with E-state index >= 15 is 0 Å². The van der Waals surface area contributed by atoms with Gasteiger partial charge in [-0.25, -0.2) is 13.4 Å². The number of rotatable bonds is 9. The van der Waals surface area contributed by atoms with Crippen LogP contribution >= 0.6 is 23.1 Å². The second-order valence-corrected chi connectivity index (χ2v) is 11.4. The van der Waals surface area contributed by atoms with Crippen molar-refractivity contribution in [3.05, 3.63) is 72.7 Å². The molecular formula is C23H22N2O4S3. The summed E-state index contributed by atoms with van der Waals surface area (Å²) in [5, 5.41) is 0.530. The first-order chi connectivity index (χ1) is 15.4. The highest BCUT2D eigenvalue weighted by molar-refractivity contribution is 7.99. The normalized spacial score (nSPS) is 11.7. The number of hydrogen-bond acceptors (Lipinski definition) is 7. The average Bonchev–Trinajstić information content (AvgIpc) is 3.44. The standard InChI is InChI=1S/C23H22N2O4S3/c1-32(27,28)19-11-12-20-21(15-19)31-23(24-20)25(16-17-7-5-13-29-17)22(26)10-6-14-30-18-8-3-2-4-9-18/h2-5,7-9,11-13,15H,6,10,14,16H2,1H3. The number of aromatic nitrogens is 1. The molecule has 0 spiro atoms. The lowest BCUT2D eigenvalue weighted by atomic mass is 10.3. The summed E-state index contributed by atoms with van der Waals surface area (Å²) in [5.74, 6) is 1.45. The fraction of sp³-hybridized carbons (Fsp3) is 0.217. The van der Waals surface area contributed by atoms with E-state index in [9.17, 15) is 13.2 Å². The summed E-state index contributed by atoms with van der Waals surface area (Å²) in [4.78, 5) is 20.8. The van der Waals surface area contributed by atoms with Crippen molar-refractivity contribution in [1.29, 1.82) is 0 Å². The smallest absolute Gasteiger partial charge is 0.229 e. The molecule has 0 N–H and O–H groups in total. The quantitative estimate of drug-likeness (QED) is 0.233. The fourth-order valence-electron chi connectivity index (χ4n) is 3.12. The minimum atomic E-state index is -3.32. The number of fused-ring (bicyclic) bond motifs is 1. The molecule has 0 unspecified atom stereocenters. The summed E-state index contributed by atoms with van der Waals surface area (Å²) in [7, 11) is -3.32. The molecule has 4 rings (SSSR count). The van der Waals surface area contributed by atoms with Gasteiger partial charge in [-0.05, 0) is 54.6 Å². The lowest BCUT2D eigenvalue weighted by Crippen LogP contribution is -2.30.